The van der Waals surface area contributed by atoms with Crippen LogP contribution in [0.3, 0.4) is 0 Å². The van der Waals surface area contributed by atoms with E-state index in [1.54, 1.807) is 0 Å². The molecule has 0 aliphatic carbocycles. The highest BCUT2D eigenvalue weighted by atomic mass is 16.7. The lowest BCUT2D eigenvalue weighted by Gasteiger charge is -2.30. The van der Waals surface area contributed by atoms with Crippen LogP contribution in [-0.4, -0.2) is 32.7 Å². The second-order valence-electron chi connectivity index (χ2n) is 5.89. The molecule has 0 amide bonds. The summed E-state index contributed by atoms with van der Waals surface area (Å²) in [4.78, 5) is 0. The number of rotatable bonds is 6. The standard InChI is InChI=1S/C19H25NO3/c1-2-21-16-8-9-18-14(11-16)5-3-6-17(18)15-12-22-19(23-13-15)7-4-10-20/h3,5-6,8-9,11,15,19H,2,4,7,10,12-13,20H2,1H3. The summed E-state index contributed by atoms with van der Waals surface area (Å²) in [6, 6.07) is 12.6. The van der Waals surface area contributed by atoms with Crippen molar-refractivity contribution in [3.63, 3.8) is 0 Å². The van der Waals surface area contributed by atoms with Crippen LogP contribution < -0.4 is 10.5 Å². The molecule has 0 aromatic heterocycles. The van der Waals surface area contributed by atoms with Crippen LogP contribution in [0, 0.1) is 0 Å². The predicted molar refractivity (Wildman–Crippen MR) is 91.8 cm³/mol. The molecule has 0 bridgehead atoms. The van der Waals surface area contributed by atoms with Crippen molar-refractivity contribution in [2.45, 2.75) is 32.0 Å². The van der Waals surface area contributed by atoms with Crippen LogP contribution in [-0.2, 0) is 9.47 Å². The predicted octanol–water partition coefficient (Wildman–Crippen LogP) is 3.43. The van der Waals surface area contributed by atoms with Crippen molar-refractivity contribution in [2.24, 2.45) is 5.73 Å². The quantitative estimate of drug-likeness (QED) is 0.887. The van der Waals surface area contributed by atoms with Crippen molar-refractivity contribution >= 4 is 10.8 Å². The number of hydrogen-bond donors (Lipinski definition) is 1. The van der Waals surface area contributed by atoms with E-state index in [2.05, 4.69) is 30.3 Å². The molecule has 0 radical (unpaired) electrons. The van der Waals surface area contributed by atoms with E-state index in [-0.39, 0.29) is 12.2 Å². The molecule has 4 nitrogen and oxygen atoms in total. The molecule has 0 atom stereocenters. The van der Waals surface area contributed by atoms with Crippen LogP contribution in [0.5, 0.6) is 5.75 Å². The van der Waals surface area contributed by atoms with E-state index < -0.39 is 0 Å². The van der Waals surface area contributed by atoms with E-state index in [1.165, 1.54) is 16.3 Å². The van der Waals surface area contributed by atoms with Crippen LogP contribution in [0.2, 0.25) is 0 Å². The highest BCUT2D eigenvalue weighted by Crippen LogP contribution is 2.31. The lowest BCUT2D eigenvalue weighted by atomic mass is 9.94. The Hall–Kier alpha value is -1.62. The molecule has 1 fully saturated rings. The zero-order chi connectivity index (χ0) is 16.1. The molecular weight excluding hydrogens is 290 g/mol. The highest BCUT2D eigenvalue weighted by molar-refractivity contribution is 5.87. The summed E-state index contributed by atoms with van der Waals surface area (Å²) in [5.74, 6) is 1.18. The van der Waals surface area contributed by atoms with Crippen molar-refractivity contribution in [1.29, 1.82) is 0 Å². The molecule has 1 heterocycles. The molecule has 23 heavy (non-hydrogen) atoms. The Bertz CT molecular complexity index is 636. The maximum absolute atomic E-state index is 5.86. The van der Waals surface area contributed by atoms with Gasteiger partial charge in [-0.25, -0.2) is 0 Å². The van der Waals surface area contributed by atoms with Crippen molar-refractivity contribution < 1.29 is 14.2 Å². The maximum atomic E-state index is 5.86. The molecule has 4 heteroatoms. The molecule has 2 aromatic rings. The summed E-state index contributed by atoms with van der Waals surface area (Å²) in [5.41, 5.74) is 6.82. The molecule has 0 spiro atoms. The first-order chi connectivity index (χ1) is 11.3. The molecule has 1 aliphatic heterocycles. The Morgan fingerprint density at radius 2 is 2.00 bits per heavy atom. The summed E-state index contributed by atoms with van der Waals surface area (Å²) in [6.07, 6.45) is 1.70. The second-order valence-corrected chi connectivity index (χ2v) is 5.89. The van der Waals surface area contributed by atoms with Crippen LogP contribution in [0.4, 0.5) is 0 Å². The highest BCUT2D eigenvalue weighted by Gasteiger charge is 2.24. The third-order valence-corrected chi connectivity index (χ3v) is 4.25. The van der Waals surface area contributed by atoms with E-state index >= 15 is 0 Å². The molecule has 1 saturated heterocycles. The topological polar surface area (TPSA) is 53.7 Å². The average Bonchev–Trinajstić information content (AvgIpc) is 2.60. The summed E-state index contributed by atoms with van der Waals surface area (Å²) in [6.45, 7) is 4.75. The lowest BCUT2D eigenvalue weighted by Crippen LogP contribution is -2.31. The number of ether oxygens (including phenoxy) is 3. The van der Waals surface area contributed by atoms with Gasteiger partial charge in [0.2, 0.25) is 0 Å². The Labute approximate surface area is 137 Å². The van der Waals surface area contributed by atoms with Crippen LogP contribution >= 0.6 is 0 Å². The molecular formula is C19H25NO3. The lowest BCUT2D eigenvalue weighted by molar-refractivity contribution is -0.189. The molecule has 0 saturated carbocycles. The van der Waals surface area contributed by atoms with Gasteiger partial charge in [-0.2, -0.15) is 0 Å². The van der Waals surface area contributed by atoms with E-state index in [0.29, 0.717) is 26.4 Å². The summed E-state index contributed by atoms with van der Waals surface area (Å²) >= 11 is 0. The van der Waals surface area contributed by atoms with Crippen molar-refractivity contribution in [1.82, 2.24) is 0 Å². The Morgan fingerprint density at radius 1 is 1.17 bits per heavy atom. The largest absolute Gasteiger partial charge is 0.494 e. The van der Waals surface area contributed by atoms with Gasteiger partial charge < -0.3 is 19.9 Å². The van der Waals surface area contributed by atoms with Crippen molar-refractivity contribution in [3.8, 4) is 5.75 Å². The Morgan fingerprint density at radius 3 is 2.74 bits per heavy atom. The molecule has 2 aromatic carbocycles. The molecule has 0 unspecified atom stereocenters. The van der Waals surface area contributed by atoms with Gasteiger partial charge in [-0.1, -0.05) is 24.3 Å². The molecule has 2 N–H and O–H groups in total. The van der Waals surface area contributed by atoms with Crippen molar-refractivity contribution in [3.05, 3.63) is 42.0 Å². The monoisotopic (exact) mass is 315 g/mol. The molecule has 124 valence electrons. The van der Waals surface area contributed by atoms with Gasteiger partial charge in [0.1, 0.15) is 5.75 Å². The minimum absolute atomic E-state index is 0.102. The number of benzene rings is 2. The van der Waals surface area contributed by atoms with Crippen LogP contribution in [0.25, 0.3) is 10.8 Å². The molecule has 1 aliphatic rings. The first kappa shape index (κ1) is 16.2. The van der Waals surface area contributed by atoms with Gasteiger partial charge in [-0.3, -0.25) is 0 Å². The maximum Gasteiger partial charge on any atom is 0.157 e. The minimum Gasteiger partial charge on any atom is -0.494 e. The number of fused-ring (bicyclic) bond motifs is 1. The smallest absolute Gasteiger partial charge is 0.157 e. The van der Waals surface area contributed by atoms with Crippen molar-refractivity contribution in [2.75, 3.05) is 26.4 Å². The van der Waals surface area contributed by atoms with Gasteiger partial charge in [-0.15, -0.1) is 0 Å². The fourth-order valence-corrected chi connectivity index (χ4v) is 3.07. The second kappa shape index (κ2) is 7.77. The molecule has 3 rings (SSSR count). The zero-order valence-corrected chi connectivity index (χ0v) is 13.7. The Balaban J connectivity index is 1.75. The normalized spacial score (nSPS) is 21.5. The first-order valence-electron chi connectivity index (χ1n) is 8.40. The third-order valence-electron chi connectivity index (χ3n) is 4.25. The number of hydrogen-bond acceptors (Lipinski definition) is 4. The van der Waals surface area contributed by atoms with Gasteiger partial charge >= 0.3 is 0 Å². The van der Waals surface area contributed by atoms with Gasteiger partial charge in [0.25, 0.3) is 0 Å². The van der Waals surface area contributed by atoms with Gasteiger partial charge in [0, 0.05) is 5.92 Å². The van der Waals surface area contributed by atoms with Gasteiger partial charge in [0.15, 0.2) is 6.29 Å². The van der Waals surface area contributed by atoms with E-state index in [9.17, 15) is 0 Å². The minimum atomic E-state index is -0.102. The number of nitrogens with two attached hydrogens (primary N) is 1. The van der Waals surface area contributed by atoms with E-state index in [4.69, 9.17) is 19.9 Å². The van der Waals surface area contributed by atoms with E-state index in [0.717, 1.165) is 18.6 Å². The first-order valence-corrected chi connectivity index (χ1v) is 8.40. The van der Waals surface area contributed by atoms with Gasteiger partial charge in [0.05, 0.1) is 19.8 Å². The van der Waals surface area contributed by atoms with Gasteiger partial charge in [-0.05, 0) is 54.8 Å². The fourth-order valence-electron chi connectivity index (χ4n) is 3.07. The summed E-state index contributed by atoms with van der Waals surface area (Å²) < 4.78 is 17.3. The fraction of sp³-hybridized carbons (Fsp3) is 0.474. The summed E-state index contributed by atoms with van der Waals surface area (Å²) in [5, 5.41) is 2.44. The van der Waals surface area contributed by atoms with E-state index in [1.807, 2.05) is 13.0 Å². The van der Waals surface area contributed by atoms with Crippen LogP contribution in [0.1, 0.15) is 31.2 Å². The van der Waals surface area contributed by atoms with Crippen LogP contribution in [0.15, 0.2) is 36.4 Å². The third kappa shape index (κ3) is 3.83. The summed E-state index contributed by atoms with van der Waals surface area (Å²) in [7, 11) is 0. The zero-order valence-electron chi connectivity index (χ0n) is 13.7. The Kier molecular flexibility index (Phi) is 5.49. The SMILES string of the molecule is CCOc1ccc2c(C3COC(CCCN)OC3)cccc2c1. The average molecular weight is 315 g/mol.